The number of rotatable bonds is 5. The van der Waals surface area contributed by atoms with E-state index in [1.165, 1.54) is 8.61 Å². The summed E-state index contributed by atoms with van der Waals surface area (Å²) in [5.74, 6) is 0.326. The summed E-state index contributed by atoms with van der Waals surface area (Å²) in [5.41, 5.74) is 2.06. The Bertz CT molecular complexity index is 1020. The summed E-state index contributed by atoms with van der Waals surface area (Å²) in [4.78, 5) is 0.477. The normalized spacial score (nSPS) is 17.1. The van der Waals surface area contributed by atoms with Crippen molar-refractivity contribution in [1.29, 1.82) is 0 Å². The summed E-state index contributed by atoms with van der Waals surface area (Å²) >= 11 is 0. The lowest BCUT2D eigenvalue weighted by atomic mass is 10.0. The first-order chi connectivity index (χ1) is 13.1. The van der Waals surface area contributed by atoms with E-state index in [1.54, 1.807) is 36.4 Å². The first kappa shape index (κ1) is 21.0. The van der Waals surface area contributed by atoms with Gasteiger partial charge in [-0.2, -0.15) is 8.61 Å². The molecule has 0 amide bonds. The fourth-order valence-electron chi connectivity index (χ4n) is 3.18. The molecule has 2 aromatic carbocycles. The Kier molecular flexibility index (Phi) is 5.95. The number of sulfonamides is 2. The van der Waals surface area contributed by atoms with Crippen LogP contribution < -0.4 is 0 Å². The third-order valence-corrected chi connectivity index (χ3v) is 8.87. The molecule has 0 aliphatic carbocycles. The largest absolute Gasteiger partial charge is 0.243 e. The van der Waals surface area contributed by atoms with Crippen molar-refractivity contribution in [3.8, 4) is 0 Å². The van der Waals surface area contributed by atoms with Gasteiger partial charge in [-0.25, -0.2) is 16.8 Å². The van der Waals surface area contributed by atoms with E-state index in [0.717, 1.165) is 11.1 Å². The summed E-state index contributed by atoms with van der Waals surface area (Å²) in [6.45, 7) is 6.56. The Morgan fingerprint density at radius 1 is 0.679 bits per heavy atom. The van der Waals surface area contributed by atoms with Crippen LogP contribution in [-0.4, -0.2) is 51.6 Å². The van der Waals surface area contributed by atoms with E-state index in [-0.39, 0.29) is 36.0 Å². The second-order valence-electron chi connectivity index (χ2n) is 7.34. The van der Waals surface area contributed by atoms with E-state index in [9.17, 15) is 16.8 Å². The highest BCUT2D eigenvalue weighted by molar-refractivity contribution is 7.89. The molecular weight excluding hydrogens is 396 g/mol. The number of hydrogen-bond donors (Lipinski definition) is 0. The van der Waals surface area contributed by atoms with Crippen LogP contribution in [0, 0.1) is 6.92 Å². The monoisotopic (exact) mass is 422 g/mol. The molecule has 8 heteroatoms. The summed E-state index contributed by atoms with van der Waals surface area (Å²) in [5, 5.41) is 0. The van der Waals surface area contributed by atoms with Crippen LogP contribution >= 0.6 is 0 Å². The van der Waals surface area contributed by atoms with Gasteiger partial charge in [-0.15, -0.1) is 0 Å². The average molecular weight is 423 g/mol. The first-order valence-corrected chi connectivity index (χ1v) is 12.2. The van der Waals surface area contributed by atoms with E-state index < -0.39 is 20.0 Å². The number of nitrogens with zero attached hydrogens (tertiary/aromatic N) is 2. The Labute approximate surface area is 167 Å². The Morgan fingerprint density at radius 3 is 1.39 bits per heavy atom. The lowest BCUT2D eigenvalue weighted by molar-refractivity contribution is 0.273. The van der Waals surface area contributed by atoms with Crippen LogP contribution in [0.3, 0.4) is 0 Å². The average Bonchev–Trinajstić information content (AvgIpc) is 2.68. The number of hydrogen-bond acceptors (Lipinski definition) is 4. The zero-order valence-corrected chi connectivity index (χ0v) is 18.0. The summed E-state index contributed by atoms with van der Waals surface area (Å²) in [6, 6.07) is 13.6. The lowest BCUT2D eigenvalue weighted by Crippen LogP contribution is -2.50. The van der Waals surface area contributed by atoms with Crippen molar-refractivity contribution in [3.63, 3.8) is 0 Å². The Hall–Kier alpha value is -1.74. The minimum Gasteiger partial charge on any atom is -0.207 e. The number of benzene rings is 2. The maximum Gasteiger partial charge on any atom is 0.243 e. The first-order valence-electron chi connectivity index (χ1n) is 9.29. The molecule has 0 bridgehead atoms. The van der Waals surface area contributed by atoms with Crippen molar-refractivity contribution in [2.45, 2.75) is 36.5 Å². The topological polar surface area (TPSA) is 74.8 Å². The van der Waals surface area contributed by atoms with Crippen molar-refractivity contribution in [2.75, 3.05) is 26.2 Å². The van der Waals surface area contributed by atoms with Gasteiger partial charge in [0.1, 0.15) is 0 Å². The second-order valence-corrected chi connectivity index (χ2v) is 11.2. The van der Waals surface area contributed by atoms with Gasteiger partial charge in [0.15, 0.2) is 0 Å². The molecule has 3 rings (SSSR count). The molecule has 1 fully saturated rings. The zero-order chi connectivity index (χ0) is 20.5. The molecule has 2 aromatic rings. The van der Waals surface area contributed by atoms with E-state index >= 15 is 0 Å². The lowest BCUT2D eigenvalue weighted by Gasteiger charge is -2.33. The molecule has 0 aromatic heterocycles. The molecular formula is C20H26N2O4S2. The molecule has 152 valence electrons. The van der Waals surface area contributed by atoms with Crippen molar-refractivity contribution < 1.29 is 16.8 Å². The van der Waals surface area contributed by atoms with Gasteiger partial charge in [0.05, 0.1) is 9.79 Å². The minimum atomic E-state index is -3.63. The van der Waals surface area contributed by atoms with Crippen molar-refractivity contribution in [1.82, 2.24) is 8.61 Å². The third kappa shape index (κ3) is 4.15. The maximum absolute atomic E-state index is 12.9. The van der Waals surface area contributed by atoms with Crippen LogP contribution in [0.1, 0.15) is 30.9 Å². The fourth-order valence-corrected chi connectivity index (χ4v) is 6.03. The van der Waals surface area contributed by atoms with Crippen LogP contribution in [0.25, 0.3) is 0 Å². The van der Waals surface area contributed by atoms with Crippen LogP contribution in [0.5, 0.6) is 0 Å². The molecule has 6 nitrogen and oxygen atoms in total. The molecule has 0 atom stereocenters. The predicted octanol–water partition coefficient (Wildman–Crippen LogP) is 2.81. The number of piperazine rings is 1. The minimum absolute atomic E-state index is 0.138. The van der Waals surface area contributed by atoms with Gasteiger partial charge >= 0.3 is 0 Å². The second kappa shape index (κ2) is 7.94. The van der Waals surface area contributed by atoms with Crippen LogP contribution in [0.2, 0.25) is 0 Å². The molecule has 1 aliphatic heterocycles. The van der Waals surface area contributed by atoms with E-state index in [4.69, 9.17) is 0 Å². The van der Waals surface area contributed by atoms with Gasteiger partial charge in [0.2, 0.25) is 20.0 Å². The van der Waals surface area contributed by atoms with Gasteiger partial charge in [-0.1, -0.05) is 43.7 Å². The fraction of sp³-hybridized carbons (Fsp3) is 0.400. The van der Waals surface area contributed by atoms with Gasteiger partial charge in [0.25, 0.3) is 0 Å². The highest BCUT2D eigenvalue weighted by Gasteiger charge is 2.33. The summed E-state index contributed by atoms with van der Waals surface area (Å²) in [7, 11) is -7.25. The number of aryl methyl sites for hydroxylation is 1. The van der Waals surface area contributed by atoms with E-state index in [0.29, 0.717) is 5.92 Å². The molecule has 0 saturated carbocycles. The SMILES string of the molecule is Cc1ccc(S(=O)(=O)N2CCN(S(=O)(=O)c3ccc(C(C)C)cc3)CC2)cc1. The summed E-state index contributed by atoms with van der Waals surface area (Å²) < 4.78 is 54.1. The van der Waals surface area contributed by atoms with Gasteiger partial charge in [-0.05, 0) is 42.7 Å². The zero-order valence-electron chi connectivity index (χ0n) is 16.4. The molecule has 1 aliphatic rings. The summed E-state index contributed by atoms with van der Waals surface area (Å²) in [6.07, 6.45) is 0. The molecule has 28 heavy (non-hydrogen) atoms. The van der Waals surface area contributed by atoms with Crippen molar-refractivity contribution in [2.24, 2.45) is 0 Å². The maximum atomic E-state index is 12.9. The van der Waals surface area contributed by atoms with Gasteiger partial charge in [-0.3, -0.25) is 0 Å². The third-order valence-electron chi connectivity index (χ3n) is 5.04. The highest BCUT2D eigenvalue weighted by Crippen LogP contribution is 2.23. The molecule has 1 saturated heterocycles. The molecule has 0 unspecified atom stereocenters. The van der Waals surface area contributed by atoms with E-state index in [2.05, 4.69) is 13.8 Å². The molecule has 0 N–H and O–H groups in total. The van der Waals surface area contributed by atoms with Crippen molar-refractivity contribution in [3.05, 3.63) is 59.7 Å². The molecule has 1 heterocycles. The van der Waals surface area contributed by atoms with Crippen LogP contribution in [-0.2, 0) is 20.0 Å². The highest BCUT2D eigenvalue weighted by atomic mass is 32.2. The predicted molar refractivity (Wildman–Crippen MR) is 109 cm³/mol. The molecule has 0 radical (unpaired) electrons. The Balaban J connectivity index is 1.73. The van der Waals surface area contributed by atoms with E-state index in [1.807, 2.05) is 19.1 Å². The van der Waals surface area contributed by atoms with Gasteiger partial charge in [0, 0.05) is 26.2 Å². The van der Waals surface area contributed by atoms with Crippen LogP contribution in [0.15, 0.2) is 58.3 Å². The standard InChI is InChI=1S/C20H26N2O4S2/c1-16(2)18-6-10-20(11-7-18)28(25,26)22-14-12-21(13-15-22)27(23,24)19-8-4-17(3)5-9-19/h4-11,16H,12-15H2,1-3H3. The van der Waals surface area contributed by atoms with Crippen LogP contribution in [0.4, 0.5) is 0 Å². The van der Waals surface area contributed by atoms with Gasteiger partial charge < -0.3 is 0 Å². The quantitative estimate of drug-likeness (QED) is 0.743. The molecule has 0 spiro atoms. The van der Waals surface area contributed by atoms with Crippen molar-refractivity contribution >= 4 is 20.0 Å². The smallest absolute Gasteiger partial charge is 0.207 e. The Morgan fingerprint density at radius 2 is 1.04 bits per heavy atom.